The van der Waals surface area contributed by atoms with Gasteiger partial charge in [0.05, 0.1) is 16.6 Å². The third-order valence-electron chi connectivity index (χ3n) is 2.27. The van der Waals surface area contributed by atoms with Crippen LogP contribution in [0.25, 0.3) is 0 Å². The van der Waals surface area contributed by atoms with Crippen molar-refractivity contribution >= 4 is 23.3 Å². The second-order valence-electron chi connectivity index (χ2n) is 3.68. The quantitative estimate of drug-likeness (QED) is 0.528. The number of hydrogen-bond acceptors (Lipinski definition) is 5. The molecule has 0 aliphatic heterocycles. The fraction of sp³-hybridized carbons (Fsp3) is 0. The van der Waals surface area contributed by atoms with Crippen molar-refractivity contribution < 1.29 is 19.6 Å². The first-order chi connectivity index (χ1) is 9.45. The summed E-state index contributed by atoms with van der Waals surface area (Å²) in [5.41, 5.74) is -0.242. The van der Waals surface area contributed by atoms with Crippen molar-refractivity contribution in [1.82, 2.24) is 4.98 Å². The molecule has 0 aliphatic rings. The Hall–Kier alpha value is -2.67. The summed E-state index contributed by atoms with van der Waals surface area (Å²) >= 11 is 5.68. The zero-order valence-corrected chi connectivity index (χ0v) is 10.6. The molecule has 0 fully saturated rings. The molecule has 0 amide bonds. The fourth-order valence-electron chi connectivity index (χ4n) is 1.43. The second-order valence-corrected chi connectivity index (χ2v) is 4.07. The smallest absolute Gasteiger partial charge is 0.335 e. The molecule has 2 aromatic rings. The van der Waals surface area contributed by atoms with Crippen LogP contribution in [0.2, 0.25) is 5.15 Å². The molecule has 0 saturated carbocycles. The number of hydrogen-bond donors (Lipinski definition) is 1. The highest BCUT2D eigenvalue weighted by Crippen LogP contribution is 2.25. The number of nitro benzene ring substituents is 1. The van der Waals surface area contributed by atoms with Gasteiger partial charge < -0.3 is 9.84 Å². The molecule has 1 heterocycles. The number of carbonyl (C=O) groups is 1. The van der Waals surface area contributed by atoms with Gasteiger partial charge in [0.15, 0.2) is 0 Å². The Labute approximate surface area is 117 Å². The molecule has 1 aromatic carbocycles. The number of nitro groups is 1. The first kappa shape index (κ1) is 13.8. The lowest BCUT2D eigenvalue weighted by atomic mass is 10.2. The third-order valence-corrected chi connectivity index (χ3v) is 2.46. The number of carboxylic acids is 1. The Balaban J connectivity index is 2.32. The predicted molar refractivity (Wildman–Crippen MR) is 69.4 cm³/mol. The van der Waals surface area contributed by atoms with Crippen molar-refractivity contribution in [2.45, 2.75) is 0 Å². The van der Waals surface area contributed by atoms with E-state index in [4.69, 9.17) is 21.4 Å². The number of nitrogens with zero attached hydrogens (tertiary/aromatic N) is 2. The lowest BCUT2D eigenvalue weighted by Gasteiger charge is -2.05. The van der Waals surface area contributed by atoms with Crippen LogP contribution >= 0.6 is 11.6 Å². The average molecular weight is 295 g/mol. The number of ether oxygens (including phenoxy) is 1. The summed E-state index contributed by atoms with van der Waals surface area (Å²) < 4.78 is 5.28. The van der Waals surface area contributed by atoms with Crippen molar-refractivity contribution in [1.29, 1.82) is 0 Å². The summed E-state index contributed by atoms with van der Waals surface area (Å²) in [6.45, 7) is 0. The van der Waals surface area contributed by atoms with Gasteiger partial charge in [0, 0.05) is 12.1 Å². The predicted octanol–water partition coefficient (Wildman–Crippen LogP) is 3.13. The highest BCUT2D eigenvalue weighted by atomic mass is 35.5. The van der Waals surface area contributed by atoms with Gasteiger partial charge in [0.2, 0.25) is 5.88 Å². The van der Waals surface area contributed by atoms with Crippen LogP contribution in [0, 0.1) is 10.1 Å². The minimum absolute atomic E-state index is 0.0506. The Bertz CT molecular complexity index is 689. The number of benzene rings is 1. The summed E-state index contributed by atoms with van der Waals surface area (Å²) in [7, 11) is 0. The van der Waals surface area contributed by atoms with Crippen LogP contribution in [0.4, 0.5) is 5.69 Å². The van der Waals surface area contributed by atoms with Crippen LogP contribution in [0.1, 0.15) is 10.4 Å². The molecule has 0 aliphatic carbocycles. The topological polar surface area (TPSA) is 103 Å². The van der Waals surface area contributed by atoms with Crippen molar-refractivity contribution in [3.63, 3.8) is 0 Å². The molecule has 1 N–H and O–H groups in total. The zero-order valence-electron chi connectivity index (χ0n) is 9.82. The molecule has 7 nitrogen and oxygen atoms in total. The summed E-state index contributed by atoms with van der Waals surface area (Å²) in [5.74, 6) is -1.08. The first-order valence-corrected chi connectivity index (χ1v) is 5.66. The standard InChI is InChI=1S/C12H7ClN2O5/c13-10-4-7(12(16)17)5-11(14-10)20-9-3-1-2-8(6-9)15(18)19/h1-6H,(H,16,17). The van der Waals surface area contributed by atoms with E-state index in [2.05, 4.69) is 4.98 Å². The highest BCUT2D eigenvalue weighted by molar-refractivity contribution is 6.29. The SMILES string of the molecule is O=C(O)c1cc(Cl)nc(Oc2cccc([N+](=O)[O-])c2)c1. The van der Waals surface area contributed by atoms with Crippen molar-refractivity contribution in [2.75, 3.05) is 0 Å². The molecule has 0 saturated heterocycles. The van der Waals surface area contributed by atoms with Crippen LogP contribution in [-0.2, 0) is 0 Å². The monoisotopic (exact) mass is 294 g/mol. The molecule has 0 radical (unpaired) electrons. The summed E-state index contributed by atoms with van der Waals surface area (Å²) in [4.78, 5) is 24.7. The van der Waals surface area contributed by atoms with E-state index in [0.29, 0.717) is 0 Å². The van der Waals surface area contributed by atoms with E-state index in [1.165, 1.54) is 36.4 Å². The summed E-state index contributed by atoms with van der Waals surface area (Å²) in [5, 5.41) is 19.5. The van der Waals surface area contributed by atoms with Crippen LogP contribution in [0.3, 0.4) is 0 Å². The minimum atomic E-state index is -1.18. The van der Waals surface area contributed by atoms with Crippen LogP contribution < -0.4 is 4.74 Å². The molecule has 8 heteroatoms. The highest BCUT2D eigenvalue weighted by Gasteiger charge is 2.11. The Morgan fingerprint density at radius 2 is 2.10 bits per heavy atom. The number of aromatic carboxylic acids is 1. The van der Waals surface area contributed by atoms with Gasteiger partial charge in [0.1, 0.15) is 10.9 Å². The maximum absolute atomic E-state index is 10.9. The van der Waals surface area contributed by atoms with Gasteiger partial charge in [-0.1, -0.05) is 17.7 Å². The van der Waals surface area contributed by atoms with E-state index in [0.717, 1.165) is 0 Å². The van der Waals surface area contributed by atoms with Crippen molar-refractivity contribution in [3.05, 3.63) is 57.2 Å². The number of pyridine rings is 1. The largest absolute Gasteiger partial charge is 0.478 e. The fourth-order valence-corrected chi connectivity index (χ4v) is 1.63. The Morgan fingerprint density at radius 1 is 1.35 bits per heavy atom. The van der Waals surface area contributed by atoms with E-state index in [-0.39, 0.29) is 28.0 Å². The molecular formula is C12H7ClN2O5. The van der Waals surface area contributed by atoms with Gasteiger partial charge in [0.25, 0.3) is 5.69 Å². The Kier molecular flexibility index (Phi) is 3.81. The number of carboxylic acid groups (broad SMARTS) is 1. The molecule has 0 spiro atoms. The maximum Gasteiger partial charge on any atom is 0.335 e. The van der Waals surface area contributed by atoms with Gasteiger partial charge >= 0.3 is 5.97 Å². The maximum atomic E-state index is 10.9. The minimum Gasteiger partial charge on any atom is -0.478 e. The van der Waals surface area contributed by atoms with Gasteiger partial charge in [-0.05, 0) is 12.1 Å². The van der Waals surface area contributed by atoms with E-state index < -0.39 is 10.9 Å². The number of non-ortho nitro benzene ring substituents is 1. The van der Waals surface area contributed by atoms with Gasteiger partial charge in [-0.3, -0.25) is 10.1 Å². The molecule has 0 unspecified atom stereocenters. The second kappa shape index (κ2) is 5.54. The lowest BCUT2D eigenvalue weighted by Crippen LogP contribution is -1.98. The molecule has 0 atom stereocenters. The Morgan fingerprint density at radius 3 is 2.75 bits per heavy atom. The lowest BCUT2D eigenvalue weighted by molar-refractivity contribution is -0.384. The van der Waals surface area contributed by atoms with Gasteiger partial charge in [-0.25, -0.2) is 9.78 Å². The summed E-state index contributed by atoms with van der Waals surface area (Å²) in [6, 6.07) is 7.77. The van der Waals surface area contributed by atoms with Crippen LogP contribution in [-0.4, -0.2) is 21.0 Å². The summed E-state index contributed by atoms with van der Waals surface area (Å²) in [6.07, 6.45) is 0. The molecule has 0 bridgehead atoms. The van der Waals surface area contributed by atoms with Crippen LogP contribution in [0.15, 0.2) is 36.4 Å². The van der Waals surface area contributed by atoms with Crippen LogP contribution in [0.5, 0.6) is 11.6 Å². The zero-order chi connectivity index (χ0) is 14.7. The first-order valence-electron chi connectivity index (χ1n) is 5.29. The van der Waals surface area contributed by atoms with E-state index in [9.17, 15) is 14.9 Å². The molecular weight excluding hydrogens is 288 g/mol. The van der Waals surface area contributed by atoms with E-state index in [1.54, 1.807) is 0 Å². The van der Waals surface area contributed by atoms with Gasteiger partial charge in [-0.15, -0.1) is 0 Å². The number of halogens is 1. The average Bonchev–Trinajstić information content (AvgIpc) is 2.38. The molecule has 2 rings (SSSR count). The van der Waals surface area contributed by atoms with Crippen molar-refractivity contribution in [3.8, 4) is 11.6 Å². The third kappa shape index (κ3) is 3.21. The normalized spacial score (nSPS) is 10.1. The number of rotatable bonds is 4. The van der Waals surface area contributed by atoms with Crippen molar-refractivity contribution in [2.24, 2.45) is 0 Å². The molecule has 1 aromatic heterocycles. The van der Waals surface area contributed by atoms with E-state index in [1.807, 2.05) is 0 Å². The number of aromatic nitrogens is 1. The van der Waals surface area contributed by atoms with Gasteiger partial charge in [-0.2, -0.15) is 0 Å². The molecule has 102 valence electrons. The molecule has 20 heavy (non-hydrogen) atoms. The van der Waals surface area contributed by atoms with E-state index >= 15 is 0 Å².